The van der Waals surface area contributed by atoms with Gasteiger partial charge in [-0.05, 0) is 46.3 Å². The van der Waals surface area contributed by atoms with E-state index in [0.717, 1.165) is 28.7 Å². The van der Waals surface area contributed by atoms with Crippen LogP contribution in [-0.4, -0.2) is 23.9 Å². The van der Waals surface area contributed by atoms with Gasteiger partial charge in [0.05, 0.1) is 5.56 Å². The van der Waals surface area contributed by atoms with Crippen LogP contribution in [0.5, 0.6) is 0 Å². The molecular weight excluding hydrogens is 278 g/mol. The summed E-state index contributed by atoms with van der Waals surface area (Å²) in [6, 6.07) is 5.85. The SMILES string of the molecule is Cc1cccc(C(=O)N2CC(C)C(C)C2)c1Br. The first-order chi connectivity index (χ1) is 8.00. The number of rotatable bonds is 1. The van der Waals surface area contributed by atoms with Crippen molar-refractivity contribution in [1.82, 2.24) is 4.90 Å². The first-order valence-corrected chi connectivity index (χ1v) is 6.84. The lowest BCUT2D eigenvalue weighted by atomic mass is 10.0. The molecule has 1 aliphatic rings. The number of halogens is 1. The van der Waals surface area contributed by atoms with Crippen molar-refractivity contribution in [2.45, 2.75) is 20.8 Å². The normalized spacial score (nSPS) is 24.1. The van der Waals surface area contributed by atoms with Crippen LogP contribution in [0.2, 0.25) is 0 Å². The van der Waals surface area contributed by atoms with Gasteiger partial charge in [-0.2, -0.15) is 0 Å². The molecule has 2 rings (SSSR count). The summed E-state index contributed by atoms with van der Waals surface area (Å²) in [6.45, 7) is 8.18. The molecule has 3 heteroatoms. The van der Waals surface area contributed by atoms with Gasteiger partial charge >= 0.3 is 0 Å². The van der Waals surface area contributed by atoms with E-state index in [1.807, 2.05) is 30.0 Å². The molecule has 1 heterocycles. The summed E-state index contributed by atoms with van der Waals surface area (Å²) < 4.78 is 0.928. The number of hydrogen-bond acceptors (Lipinski definition) is 1. The third kappa shape index (κ3) is 2.39. The largest absolute Gasteiger partial charge is 0.338 e. The Hall–Kier alpha value is -0.830. The first-order valence-electron chi connectivity index (χ1n) is 6.05. The summed E-state index contributed by atoms with van der Waals surface area (Å²) in [4.78, 5) is 14.4. The van der Waals surface area contributed by atoms with Crippen LogP contribution in [0.15, 0.2) is 22.7 Å². The maximum absolute atomic E-state index is 12.4. The highest BCUT2D eigenvalue weighted by Crippen LogP contribution is 2.27. The fourth-order valence-electron chi connectivity index (χ4n) is 2.28. The highest BCUT2D eigenvalue weighted by Gasteiger charge is 2.30. The monoisotopic (exact) mass is 295 g/mol. The molecule has 1 saturated heterocycles. The molecule has 0 saturated carbocycles. The van der Waals surface area contributed by atoms with Crippen LogP contribution < -0.4 is 0 Å². The lowest BCUT2D eigenvalue weighted by molar-refractivity contribution is 0.0784. The highest BCUT2D eigenvalue weighted by atomic mass is 79.9. The zero-order valence-corrected chi connectivity index (χ0v) is 12.1. The van der Waals surface area contributed by atoms with Gasteiger partial charge in [0, 0.05) is 17.6 Å². The molecule has 0 aromatic heterocycles. The maximum atomic E-state index is 12.4. The molecule has 2 unspecified atom stereocenters. The second-order valence-corrected chi connectivity index (χ2v) is 5.89. The minimum atomic E-state index is 0.150. The zero-order valence-electron chi connectivity index (χ0n) is 10.5. The fraction of sp³-hybridized carbons (Fsp3) is 0.500. The molecular formula is C14H18BrNO. The van der Waals surface area contributed by atoms with Crippen LogP contribution in [0, 0.1) is 18.8 Å². The number of likely N-dealkylation sites (tertiary alicyclic amines) is 1. The molecule has 1 fully saturated rings. The van der Waals surface area contributed by atoms with Crippen molar-refractivity contribution in [3.63, 3.8) is 0 Å². The molecule has 0 spiro atoms. The standard InChI is InChI=1S/C14H18BrNO/c1-9-5-4-6-12(13(9)15)14(17)16-7-10(2)11(3)8-16/h4-6,10-11H,7-8H2,1-3H3. The molecule has 2 nitrogen and oxygen atoms in total. The summed E-state index contributed by atoms with van der Waals surface area (Å²) in [7, 11) is 0. The lowest BCUT2D eigenvalue weighted by Crippen LogP contribution is -2.29. The molecule has 92 valence electrons. The molecule has 0 bridgehead atoms. The van der Waals surface area contributed by atoms with Crippen LogP contribution in [-0.2, 0) is 0 Å². The smallest absolute Gasteiger partial charge is 0.255 e. The molecule has 17 heavy (non-hydrogen) atoms. The third-order valence-electron chi connectivity index (χ3n) is 3.70. The summed E-state index contributed by atoms with van der Waals surface area (Å²) in [6.07, 6.45) is 0. The van der Waals surface area contributed by atoms with Crippen molar-refractivity contribution in [1.29, 1.82) is 0 Å². The zero-order chi connectivity index (χ0) is 12.6. The lowest BCUT2D eigenvalue weighted by Gasteiger charge is -2.17. The molecule has 2 atom stereocenters. The van der Waals surface area contributed by atoms with E-state index in [4.69, 9.17) is 0 Å². The summed E-state index contributed by atoms with van der Waals surface area (Å²) in [5.41, 5.74) is 1.89. The van der Waals surface area contributed by atoms with Crippen molar-refractivity contribution in [3.05, 3.63) is 33.8 Å². The number of benzene rings is 1. The van der Waals surface area contributed by atoms with E-state index in [9.17, 15) is 4.79 Å². The van der Waals surface area contributed by atoms with E-state index < -0.39 is 0 Å². The minimum Gasteiger partial charge on any atom is -0.338 e. The predicted octanol–water partition coefficient (Wildman–Crippen LogP) is 3.49. The fourth-order valence-corrected chi connectivity index (χ4v) is 2.71. The maximum Gasteiger partial charge on any atom is 0.255 e. The van der Waals surface area contributed by atoms with Crippen LogP contribution in [0.25, 0.3) is 0 Å². The average Bonchev–Trinajstić information content (AvgIpc) is 2.62. The molecule has 1 aromatic rings. The van der Waals surface area contributed by atoms with Crippen LogP contribution in [0.1, 0.15) is 29.8 Å². The Labute approximate surface area is 111 Å². The van der Waals surface area contributed by atoms with Gasteiger partial charge in [-0.1, -0.05) is 26.0 Å². The molecule has 0 radical (unpaired) electrons. The van der Waals surface area contributed by atoms with Crippen molar-refractivity contribution < 1.29 is 4.79 Å². The molecule has 1 aromatic carbocycles. The quantitative estimate of drug-likeness (QED) is 0.777. The Morgan fingerprint density at radius 2 is 1.88 bits per heavy atom. The molecule has 0 N–H and O–H groups in total. The highest BCUT2D eigenvalue weighted by molar-refractivity contribution is 9.10. The Kier molecular flexibility index (Phi) is 3.57. The number of carbonyl (C=O) groups is 1. The van der Waals surface area contributed by atoms with Crippen molar-refractivity contribution in [2.75, 3.05) is 13.1 Å². The summed E-state index contributed by atoms with van der Waals surface area (Å²) in [5.74, 6) is 1.35. The minimum absolute atomic E-state index is 0.150. The van der Waals surface area contributed by atoms with E-state index in [0.29, 0.717) is 11.8 Å². The van der Waals surface area contributed by atoms with Gasteiger partial charge in [0.25, 0.3) is 5.91 Å². The van der Waals surface area contributed by atoms with E-state index in [1.165, 1.54) is 0 Å². The third-order valence-corrected chi connectivity index (χ3v) is 4.75. The van der Waals surface area contributed by atoms with Crippen molar-refractivity contribution in [3.8, 4) is 0 Å². The van der Waals surface area contributed by atoms with E-state index in [-0.39, 0.29) is 5.91 Å². The van der Waals surface area contributed by atoms with Gasteiger partial charge in [0.15, 0.2) is 0 Å². The Bertz CT molecular complexity index is 434. The van der Waals surface area contributed by atoms with Gasteiger partial charge < -0.3 is 4.90 Å². The number of carbonyl (C=O) groups excluding carboxylic acids is 1. The van der Waals surface area contributed by atoms with Crippen LogP contribution >= 0.6 is 15.9 Å². The second kappa shape index (κ2) is 4.81. The van der Waals surface area contributed by atoms with Gasteiger partial charge in [0.2, 0.25) is 0 Å². The summed E-state index contributed by atoms with van der Waals surface area (Å²) >= 11 is 3.51. The number of hydrogen-bond donors (Lipinski definition) is 0. The number of nitrogens with zero attached hydrogens (tertiary/aromatic N) is 1. The number of amides is 1. The van der Waals surface area contributed by atoms with Gasteiger partial charge in [-0.3, -0.25) is 4.79 Å². The van der Waals surface area contributed by atoms with Crippen LogP contribution in [0.4, 0.5) is 0 Å². The molecule has 1 amide bonds. The summed E-state index contributed by atoms with van der Waals surface area (Å²) in [5, 5.41) is 0. The van der Waals surface area contributed by atoms with Gasteiger partial charge in [0.1, 0.15) is 0 Å². The Balaban J connectivity index is 2.24. The first kappa shape index (κ1) is 12.6. The van der Waals surface area contributed by atoms with E-state index in [2.05, 4.69) is 29.8 Å². The van der Waals surface area contributed by atoms with Gasteiger partial charge in [-0.25, -0.2) is 0 Å². The molecule has 0 aliphatic carbocycles. The topological polar surface area (TPSA) is 20.3 Å². The average molecular weight is 296 g/mol. The van der Waals surface area contributed by atoms with Crippen molar-refractivity contribution in [2.24, 2.45) is 11.8 Å². The predicted molar refractivity (Wildman–Crippen MR) is 73.1 cm³/mol. The van der Waals surface area contributed by atoms with E-state index >= 15 is 0 Å². The second-order valence-electron chi connectivity index (χ2n) is 5.10. The number of aryl methyl sites for hydroxylation is 1. The Morgan fingerprint density at radius 1 is 1.29 bits per heavy atom. The van der Waals surface area contributed by atoms with Crippen molar-refractivity contribution >= 4 is 21.8 Å². The molecule has 1 aliphatic heterocycles. The van der Waals surface area contributed by atoms with Gasteiger partial charge in [-0.15, -0.1) is 0 Å². The van der Waals surface area contributed by atoms with Crippen LogP contribution in [0.3, 0.4) is 0 Å². The Morgan fingerprint density at radius 3 is 2.47 bits per heavy atom. The van der Waals surface area contributed by atoms with E-state index in [1.54, 1.807) is 0 Å².